The number of carbonyl (C=O) groups is 1. The lowest BCUT2D eigenvalue weighted by molar-refractivity contribution is 0.100. The maximum absolute atomic E-state index is 11.0. The second-order valence-electron chi connectivity index (χ2n) is 3.02. The summed E-state index contributed by atoms with van der Waals surface area (Å²) in [6, 6.07) is 0. The molecular formula is C8H7B3N2O. The Morgan fingerprint density at radius 2 is 1.64 bits per heavy atom. The number of nitrogens with two attached hydrogens (primary N) is 2. The maximum Gasteiger partial charge on any atom is 0.250 e. The number of hydrogen-bond donors (Lipinski definition) is 2. The van der Waals surface area contributed by atoms with Gasteiger partial charge in [0.25, 0.3) is 0 Å². The fourth-order valence-corrected chi connectivity index (χ4v) is 1.22. The molecule has 1 amide bonds. The Hall–Kier alpha value is -1.32. The van der Waals surface area contributed by atoms with Crippen LogP contribution in [0.25, 0.3) is 0 Å². The number of nitrogen functional groups attached to an aromatic ring is 1. The van der Waals surface area contributed by atoms with Crippen molar-refractivity contribution < 1.29 is 4.79 Å². The minimum Gasteiger partial charge on any atom is -0.398 e. The zero-order chi connectivity index (χ0) is 11.0. The van der Waals surface area contributed by atoms with Crippen molar-refractivity contribution in [3.8, 4) is 0 Å². The molecule has 1 aromatic rings. The van der Waals surface area contributed by atoms with Crippen LogP contribution >= 0.6 is 0 Å². The summed E-state index contributed by atoms with van der Waals surface area (Å²) in [7, 11) is 16.8. The number of primary amides is 1. The van der Waals surface area contributed by atoms with E-state index < -0.39 is 5.91 Å². The number of benzene rings is 1. The van der Waals surface area contributed by atoms with Crippen molar-refractivity contribution in [2.45, 2.75) is 6.92 Å². The number of rotatable bonds is 1. The van der Waals surface area contributed by atoms with Gasteiger partial charge in [-0.15, -0.1) is 5.46 Å². The van der Waals surface area contributed by atoms with E-state index in [2.05, 4.69) is 0 Å². The second kappa shape index (κ2) is 3.44. The van der Waals surface area contributed by atoms with Gasteiger partial charge >= 0.3 is 0 Å². The minimum atomic E-state index is -0.713. The predicted octanol–water partition coefficient (Wildman–Crippen LogP) is -2.94. The van der Waals surface area contributed by atoms with Crippen LogP contribution in [-0.2, 0) is 0 Å². The van der Waals surface area contributed by atoms with E-state index in [1.165, 1.54) is 0 Å². The molecule has 14 heavy (non-hydrogen) atoms. The van der Waals surface area contributed by atoms with Gasteiger partial charge in [-0.2, -0.15) is 0 Å². The largest absolute Gasteiger partial charge is 0.398 e. The molecular weight excluding hydrogens is 173 g/mol. The number of amides is 1. The maximum atomic E-state index is 11.0. The molecule has 0 spiro atoms. The summed E-state index contributed by atoms with van der Waals surface area (Å²) in [5, 5.41) is 0. The van der Waals surface area contributed by atoms with Gasteiger partial charge in [-0.05, 0) is 12.5 Å². The van der Waals surface area contributed by atoms with Crippen molar-refractivity contribution in [3.05, 3.63) is 11.1 Å². The Balaban J connectivity index is 3.68. The zero-order valence-electron chi connectivity index (χ0n) is 7.79. The highest BCUT2D eigenvalue weighted by Gasteiger charge is 2.15. The van der Waals surface area contributed by atoms with E-state index in [4.69, 9.17) is 35.0 Å². The smallest absolute Gasteiger partial charge is 0.250 e. The van der Waals surface area contributed by atoms with E-state index in [1.54, 1.807) is 6.92 Å². The van der Waals surface area contributed by atoms with Crippen molar-refractivity contribution in [2.75, 3.05) is 5.73 Å². The normalized spacial score (nSPS) is 10.1. The van der Waals surface area contributed by atoms with Crippen molar-refractivity contribution in [2.24, 2.45) is 5.73 Å². The van der Waals surface area contributed by atoms with E-state index >= 15 is 0 Å². The zero-order valence-corrected chi connectivity index (χ0v) is 7.79. The van der Waals surface area contributed by atoms with Gasteiger partial charge in [0.1, 0.15) is 23.5 Å². The molecule has 3 nitrogen and oxygen atoms in total. The summed E-state index contributed by atoms with van der Waals surface area (Å²) in [6.07, 6.45) is 0. The third-order valence-electron chi connectivity index (χ3n) is 2.17. The van der Waals surface area contributed by atoms with Gasteiger partial charge in [0.15, 0.2) is 0 Å². The monoisotopic (exact) mass is 180 g/mol. The summed E-state index contributed by atoms with van der Waals surface area (Å²) in [5.41, 5.74) is 11.9. The fraction of sp³-hybridized carbons (Fsp3) is 0.125. The van der Waals surface area contributed by atoms with Crippen molar-refractivity contribution >= 4 is 51.5 Å². The van der Waals surface area contributed by atoms with Gasteiger partial charge in [-0.1, -0.05) is 10.9 Å². The molecule has 64 valence electrons. The lowest BCUT2D eigenvalue weighted by Crippen LogP contribution is -2.45. The molecule has 0 heterocycles. The van der Waals surface area contributed by atoms with E-state index in [0.717, 1.165) is 0 Å². The minimum absolute atomic E-state index is 0.0363. The average molecular weight is 180 g/mol. The Morgan fingerprint density at radius 1 is 1.14 bits per heavy atom. The highest BCUT2D eigenvalue weighted by atomic mass is 16.1. The lowest BCUT2D eigenvalue weighted by atomic mass is 9.68. The second-order valence-corrected chi connectivity index (χ2v) is 3.02. The molecule has 0 aromatic heterocycles. The molecule has 6 heteroatoms. The Kier molecular flexibility index (Phi) is 2.65. The van der Waals surface area contributed by atoms with Gasteiger partial charge in [0.05, 0.1) is 5.56 Å². The molecule has 1 aromatic carbocycles. The standard InChI is InChI=1S/C8H7B3N2O/c1-2-4(9)6(11)5(10)3(7(2)12)8(13)14/h12H2,1H3,(H2,13,14). The molecule has 1 rings (SSSR count). The van der Waals surface area contributed by atoms with Crippen LogP contribution in [0.3, 0.4) is 0 Å². The molecule has 0 bridgehead atoms. The number of anilines is 1. The van der Waals surface area contributed by atoms with E-state index in [-0.39, 0.29) is 27.6 Å². The molecule has 0 saturated heterocycles. The van der Waals surface area contributed by atoms with Gasteiger partial charge in [0, 0.05) is 5.69 Å². The third-order valence-corrected chi connectivity index (χ3v) is 2.17. The molecule has 4 N–H and O–H groups in total. The van der Waals surface area contributed by atoms with Crippen LogP contribution < -0.4 is 27.9 Å². The van der Waals surface area contributed by atoms with E-state index in [9.17, 15) is 4.79 Å². The molecule has 0 atom stereocenters. The van der Waals surface area contributed by atoms with Gasteiger partial charge in [-0.25, -0.2) is 0 Å². The summed E-state index contributed by atoms with van der Waals surface area (Å²) in [6.45, 7) is 1.65. The van der Waals surface area contributed by atoms with Gasteiger partial charge < -0.3 is 11.5 Å². The van der Waals surface area contributed by atoms with Crippen molar-refractivity contribution in [1.82, 2.24) is 0 Å². The molecule has 0 aliphatic rings. The van der Waals surface area contributed by atoms with Crippen LogP contribution in [0.1, 0.15) is 15.9 Å². The van der Waals surface area contributed by atoms with Gasteiger partial charge in [-0.3, -0.25) is 4.79 Å². The lowest BCUT2D eigenvalue weighted by Gasteiger charge is -2.17. The van der Waals surface area contributed by atoms with Crippen LogP contribution in [-0.4, -0.2) is 29.4 Å². The quantitative estimate of drug-likeness (QED) is 0.358. The molecule has 0 aliphatic heterocycles. The Morgan fingerprint density at radius 3 is 2.07 bits per heavy atom. The first-order valence-electron chi connectivity index (χ1n) is 3.90. The fourth-order valence-electron chi connectivity index (χ4n) is 1.22. The van der Waals surface area contributed by atoms with Crippen molar-refractivity contribution in [1.29, 1.82) is 0 Å². The summed E-state index contributed by atoms with van der Waals surface area (Å²) >= 11 is 0. The molecule has 0 fully saturated rings. The summed E-state index contributed by atoms with van der Waals surface area (Å²) in [5.74, 6) is -0.713. The van der Waals surface area contributed by atoms with Gasteiger partial charge in [0.2, 0.25) is 5.91 Å². The predicted molar refractivity (Wildman–Crippen MR) is 60.3 cm³/mol. The number of hydrogen-bond acceptors (Lipinski definition) is 2. The first-order chi connectivity index (χ1) is 6.37. The summed E-state index contributed by atoms with van der Waals surface area (Å²) in [4.78, 5) is 11.0. The molecule has 0 saturated carbocycles. The van der Waals surface area contributed by atoms with Crippen LogP contribution in [0.4, 0.5) is 5.69 Å². The molecule has 0 aliphatic carbocycles. The molecule has 6 radical (unpaired) electrons. The highest BCUT2D eigenvalue weighted by molar-refractivity contribution is 6.59. The topological polar surface area (TPSA) is 69.1 Å². The third kappa shape index (κ3) is 1.41. The Labute approximate surface area is 86.5 Å². The van der Waals surface area contributed by atoms with Crippen LogP contribution in [0.5, 0.6) is 0 Å². The van der Waals surface area contributed by atoms with E-state index in [1.807, 2.05) is 0 Å². The van der Waals surface area contributed by atoms with E-state index in [0.29, 0.717) is 5.56 Å². The summed E-state index contributed by atoms with van der Waals surface area (Å²) < 4.78 is 0. The molecule has 0 unspecified atom stereocenters. The number of carbonyl (C=O) groups excluding carboxylic acids is 1. The van der Waals surface area contributed by atoms with Crippen LogP contribution in [0, 0.1) is 6.92 Å². The van der Waals surface area contributed by atoms with Crippen LogP contribution in [0.2, 0.25) is 0 Å². The Bertz CT molecular complexity index is 389. The first-order valence-corrected chi connectivity index (χ1v) is 3.90. The average Bonchev–Trinajstić information content (AvgIpc) is 2.11. The highest BCUT2D eigenvalue weighted by Crippen LogP contribution is 2.10. The first kappa shape index (κ1) is 10.8. The SMILES string of the molecule is [B]c1c([B])c(C)c(N)c(C(N)=O)c1[B]. The van der Waals surface area contributed by atoms with Crippen molar-refractivity contribution in [3.63, 3.8) is 0 Å². The van der Waals surface area contributed by atoms with Crippen LogP contribution in [0.15, 0.2) is 0 Å².